The summed E-state index contributed by atoms with van der Waals surface area (Å²) in [6.07, 6.45) is 3.81. The molecule has 0 aliphatic heterocycles. The summed E-state index contributed by atoms with van der Waals surface area (Å²) in [4.78, 5) is 0. The van der Waals surface area contributed by atoms with Gasteiger partial charge in [-0.15, -0.1) is 0 Å². The average molecular weight is 238 g/mol. The quantitative estimate of drug-likeness (QED) is 0.729. The van der Waals surface area contributed by atoms with Crippen LogP contribution >= 0.6 is 11.8 Å². The molecular weight excluding hydrogens is 216 g/mol. The molecule has 1 N–H and O–H groups in total. The first kappa shape index (κ1) is 13.6. The number of aliphatic hydroxyl groups is 1. The molecule has 0 aromatic heterocycles. The highest BCUT2D eigenvalue weighted by Crippen LogP contribution is 2.25. The van der Waals surface area contributed by atoms with Crippen molar-refractivity contribution < 1.29 is 5.11 Å². The highest BCUT2D eigenvalue weighted by molar-refractivity contribution is 7.99. The highest BCUT2D eigenvalue weighted by atomic mass is 32.2. The second-order valence-electron chi connectivity index (χ2n) is 4.40. The molecule has 0 bridgehead atoms. The summed E-state index contributed by atoms with van der Waals surface area (Å²) in [5.41, 5.74) is 0.316. The van der Waals surface area contributed by atoms with E-state index in [2.05, 4.69) is 6.92 Å². The zero-order valence-electron chi connectivity index (χ0n) is 10.3. The SMILES string of the molecule is CCCCCSCC(C)(O)c1ccccc1. The Morgan fingerprint density at radius 1 is 1.19 bits per heavy atom. The van der Waals surface area contributed by atoms with Gasteiger partial charge < -0.3 is 5.11 Å². The van der Waals surface area contributed by atoms with Crippen LogP contribution in [0.15, 0.2) is 30.3 Å². The molecule has 0 amide bonds. The lowest BCUT2D eigenvalue weighted by atomic mass is 9.99. The molecule has 0 fully saturated rings. The maximum Gasteiger partial charge on any atom is 0.0958 e. The van der Waals surface area contributed by atoms with E-state index in [0.29, 0.717) is 0 Å². The molecule has 0 saturated carbocycles. The van der Waals surface area contributed by atoms with E-state index in [-0.39, 0.29) is 0 Å². The van der Waals surface area contributed by atoms with Gasteiger partial charge in [-0.05, 0) is 24.7 Å². The monoisotopic (exact) mass is 238 g/mol. The number of hydrogen-bond acceptors (Lipinski definition) is 2. The third kappa shape index (κ3) is 4.58. The summed E-state index contributed by atoms with van der Waals surface area (Å²) in [7, 11) is 0. The van der Waals surface area contributed by atoms with Crippen LogP contribution in [0.4, 0.5) is 0 Å². The maximum absolute atomic E-state index is 10.3. The number of unbranched alkanes of at least 4 members (excludes halogenated alkanes) is 2. The number of rotatable bonds is 7. The lowest BCUT2D eigenvalue weighted by Crippen LogP contribution is -2.24. The van der Waals surface area contributed by atoms with Crippen LogP contribution in [0.25, 0.3) is 0 Å². The molecule has 2 heteroatoms. The van der Waals surface area contributed by atoms with E-state index in [1.165, 1.54) is 19.3 Å². The van der Waals surface area contributed by atoms with Crippen LogP contribution in [0.1, 0.15) is 38.7 Å². The van der Waals surface area contributed by atoms with Crippen LogP contribution in [-0.4, -0.2) is 16.6 Å². The van der Waals surface area contributed by atoms with Crippen molar-refractivity contribution in [1.29, 1.82) is 0 Å². The highest BCUT2D eigenvalue weighted by Gasteiger charge is 2.22. The van der Waals surface area contributed by atoms with E-state index in [1.807, 2.05) is 49.0 Å². The van der Waals surface area contributed by atoms with Crippen LogP contribution in [0, 0.1) is 0 Å². The van der Waals surface area contributed by atoms with Crippen molar-refractivity contribution in [2.75, 3.05) is 11.5 Å². The summed E-state index contributed by atoms with van der Waals surface area (Å²) in [6.45, 7) is 4.11. The Kier molecular flexibility index (Phi) is 5.93. The van der Waals surface area contributed by atoms with Gasteiger partial charge in [0, 0.05) is 5.75 Å². The largest absolute Gasteiger partial charge is 0.385 e. The van der Waals surface area contributed by atoms with Crippen LogP contribution < -0.4 is 0 Å². The molecule has 1 atom stereocenters. The average Bonchev–Trinajstić information content (AvgIpc) is 2.30. The van der Waals surface area contributed by atoms with Crippen LogP contribution in [0.3, 0.4) is 0 Å². The number of thioether (sulfide) groups is 1. The minimum atomic E-state index is -0.696. The fourth-order valence-electron chi connectivity index (χ4n) is 1.61. The molecule has 1 aromatic carbocycles. The van der Waals surface area contributed by atoms with Gasteiger partial charge in [0.25, 0.3) is 0 Å². The number of hydrogen-bond donors (Lipinski definition) is 1. The third-order valence-electron chi connectivity index (χ3n) is 2.67. The van der Waals surface area contributed by atoms with Gasteiger partial charge in [-0.1, -0.05) is 50.1 Å². The Labute approximate surface area is 103 Å². The summed E-state index contributed by atoms with van der Waals surface area (Å²) in [5, 5.41) is 10.3. The molecular formula is C14H22OS. The smallest absolute Gasteiger partial charge is 0.0958 e. The molecule has 0 aliphatic rings. The van der Waals surface area contributed by atoms with Crippen molar-refractivity contribution >= 4 is 11.8 Å². The van der Waals surface area contributed by atoms with Crippen molar-refractivity contribution in [2.24, 2.45) is 0 Å². The van der Waals surface area contributed by atoms with Gasteiger partial charge in [-0.3, -0.25) is 0 Å². The molecule has 90 valence electrons. The first-order valence-corrected chi connectivity index (χ1v) is 7.18. The van der Waals surface area contributed by atoms with E-state index in [0.717, 1.165) is 17.1 Å². The van der Waals surface area contributed by atoms with E-state index in [1.54, 1.807) is 0 Å². The molecule has 0 heterocycles. The third-order valence-corrected chi connectivity index (χ3v) is 4.01. The second-order valence-corrected chi connectivity index (χ2v) is 5.50. The van der Waals surface area contributed by atoms with E-state index in [9.17, 15) is 5.11 Å². The second kappa shape index (κ2) is 6.97. The predicted octanol–water partition coefficient (Wildman–Crippen LogP) is 3.82. The number of benzene rings is 1. The summed E-state index contributed by atoms with van der Waals surface area (Å²) >= 11 is 1.84. The normalized spacial score (nSPS) is 14.7. The van der Waals surface area contributed by atoms with E-state index in [4.69, 9.17) is 0 Å². The topological polar surface area (TPSA) is 20.2 Å². The van der Waals surface area contributed by atoms with E-state index < -0.39 is 5.60 Å². The van der Waals surface area contributed by atoms with Gasteiger partial charge in [0.05, 0.1) is 5.60 Å². The first-order valence-electron chi connectivity index (χ1n) is 6.02. The zero-order valence-corrected chi connectivity index (χ0v) is 11.1. The first-order chi connectivity index (χ1) is 7.67. The molecule has 1 unspecified atom stereocenters. The lowest BCUT2D eigenvalue weighted by Gasteiger charge is -2.23. The van der Waals surface area contributed by atoms with Crippen molar-refractivity contribution in [3.05, 3.63) is 35.9 Å². The van der Waals surface area contributed by atoms with Gasteiger partial charge >= 0.3 is 0 Å². The Morgan fingerprint density at radius 2 is 1.88 bits per heavy atom. The summed E-state index contributed by atoms with van der Waals surface area (Å²) < 4.78 is 0. The van der Waals surface area contributed by atoms with Gasteiger partial charge in [-0.2, -0.15) is 11.8 Å². The molecule has 1 aromatic rings. The minimum absolute atomic E-state index is 0.696. The standard InChI is InChI=1S/C14H22OS/c1-3-4-8-11-16-12-14(2,15)13-9-6-5-7-10-13/h5-7,9-10,15H,3-4,8,11-12H2,1-2H3. The minimum Gasteiger partial charge on any atom is -0.385 e. The fourth-order valence-corrected chi connectivity index (χ4v) is 2.72. The summed E-state index contributed by atoms with van der Waals surface area (Å²) in [6, 6.07) is 9.92. The molecule has 0 radical (unpaired) electrons. The predicted molar refractivity (Wildman–Crippen MR) is 72.9 cm³/mol. The van der Waals surface area contributed by atoms with Gasteiger partial charge in [0.15, 0.2) is 0 Å². The molecule has 16 heavy (non-hydrogen) atoms. The van der Waals surface area contributed by atoms with Crippen molar-refractivity contribution in [2.45, 2.75) is 38.7 Å². The van der Waals surface area contributed by atoms with Crippen molar-refractivity contribution in [3.63, 3.8) is 0 Å². The Morgan fingerprint density at radius 3 is 2.50 bits per heavy atom. The molecule has 1 rings (SSSR count). The maximum atomic E-state index is 10.3. The molecule has 0 saturated heterocycles. The van der Waals surface area contributed by atoms with Crippen molar-refractivity contribution in [3.8, 4) is 0 Å². The van der Waals surface area contributed by atoms with Crippen molar-refractivity contribution in [1.82, 2.24) is 0 Å². The summed E-state index contributed by atoms with van der Waals surface area (Å²) in [5.74, 6) is 1.93. The van der Waals surface area contributed by atoms with Crippen LogP contribution in [0.2, 0.25) is 0 Å². The Balaban J connectivity index is 2.35. The van der Waals surface area contributed by atoms with Gasteiger partial charge in [-0.25, -0.2) is 0 Å². The fraction of sp³-hybridized carbons (Fsp3) is 0.571. The molecule has 1 nitrogen and oxygen atoms in total. The van der Waals surface area contributed by atoms with Crippen LogP contribution in [0.5, 0.6) is 0 Å². The van der Waals surface area contributed by atoms with Gasteiger partial charge in [0.2, 0.25) is 0 Å². The lowest BCUT2D eigenvalue weighted by molar-refractivity contribution is 0.0839. The Hall–Kier alpha value is -0.470. The van der Waals surface area contributed by atoms with Crippen LogP contribution in [-0.2, 0) is 5.60 Å². The molecule has 0 spiro atoms. The Bertz CT molecular complexity index is 282. The molecule has 0 aliphatic carbocycles. The van der Waals surface area contributed by atoms with E-state index >= 15 is 0 Å². The zero-order chi connectivity index (χ0) is 11.9. The van der Waals surface area contributed by atoms with Gasteiger partial charge in [0.1, 0.15) is 0 Å².